The summed E-state index contributed by atoms with van der Waals surface area (Å²) in [7, 11) is 3.07. The zero-order valence-corrected chi connectivity index (χ0v) is 34.6. The number of nitrogens with one attached hydrogen (secondary N) is 4. The van der Waals surface area contributed by atoms with E-state index in [0.29, 0.717) is 47.7 Å². The Bertz CT molecular complexity index is 2360. The lowest BCUT2D eigenvalue weighted by atomic mass is 10.0. The van der Waals surface area contributed by atoms with E-state index in [-0.39, 0.29) is 54.5 Å². The number of carbonyl (C=O) groups excluding carboxylic acids is 7. The Morgan fingerprint density at radius 2 is 1.66 bits per heavy atom. The lowest BCUT2D eigenvalue weighted by Crippen LogP contribution is -2.54. The maximum Gasteiger partial charge on any atom is 0.328 e. The van der Waals surface area contributed by atoms with Crippen LogP contribution in [0.4, 0.5) is 23.1 Å². The maximum atomic E-state index is 13.3. The highest BCUT2D eigenvalue weighted by Gasteiger charge is 2.45. The van der Waals surface area contributed by atoms with Gasteiger partial charge >= 0.3 is 5.97 Å². The quantitative estimate of drug-likeness (QED) is 0.0422. The van der Waals surface area contributed by atoms with Crippen molar-refractivity contribution in [1.82, 2.24) is 40.8 Å². The van der Waals surface area contributed by atoms with E-state index in [1.807, 2.05) is 11.9 Å². The van der Waals surface area contributed by atoms with E-state index in [4.69, 9.17) is 16.2 Å². The van der Waals surface area contributed by atoms with Gasteiger partial charge in [0, 0.05) is 49.9 Å². The number of aromatic nitrogens is 4. The van der Waals surface area contributed by atoms with Crippen molar-refractivity contribution in [3.05, 3.63) is 71.0 Å². The SMILES string of the molecule is COC(=O)[C@@H](CCC(=O)NCCCCCCCCNc1cccc2c1C(=O)N(C1CCC(=O)NC1=O)C2=O)NC(=O)c1ccc(N(C)Cc2cnc3nc(N)nc(N)c3n2)cc1. The van der Waals surface area contributed by atoms with Gasteiger partial charge in [0.05, 0.1) is 36.7 Å². The number of fused-ring (bicyclic) bond motifs is 2. The molecule has 0 radical (unpaired) electrons. The molecule has 6 rings (SSSR count). The number of ether oxygens (including phenoxy) is 1. The van der Waals surface area contributed by atoms with Crippen molar-refractivity contribution in [3.63, 3.8) is 0 Å². The Morgan fingerprint density at radius 1 is 0.935 bits per heavy atom. The normalized spacial score (nSPS) is 15.2. The molecular weight excluding hydrogens is 801 g/mol. The van der Waals surface area contributed by atoms with Gasteiger partial charge in [0.25, 0.3) is 17.7 Å². The number of amides is 6. The monoisotopic (exact) mass is 850 g/mol. The summed E-state index contributed by atoms with van der Waals surface area (Å²) < 4.78 is 4.89. The third kappa shape index (κ3) is 10.7. The molecule has 1 unspecified atom stereocenters. The van der Waals surface area contributed by atoms with E-state index in [0.717, 1.165) is 49.1 Å². The average molecular weight is 851 g/mol. The van der Waals surface area contributed by atoms with Crippen LogP contribution in [0.3, 0.4) is 0 Å². The Hall–Kier alpha value is -7.25. The number of nitrogens with two attached hydrogens (primary N) is 2. The number of esters is 1. The fourth-order valence-electron chi connectivity index (χ4n) is 7.33. The van der Waals surface area contributed by atoms with Crippen LogP contribution in [0.1, 0.15) is 101 Å². The van der Waals surface area contributed by atoms with Crippen LogP contribution in [0.15, 0.2) is 48.7 Å². The van der Waals surface area contributed by atoms with Crippen molar-refractivity contribution in [2.24, 2.45) is 0 Å². The summed E-state index contributed by atoms with van der Waals surface area (Å²) in [6.07, 6.45) is 7.15. The van der Waals surface area contributed by atoms with Crippen LogP contribution in [0, 0.1) is 0 Å². The molecule has 326 valence electrons. The molecule has 4 heterocycles. The number of imide groups is 2. The third-order valence-electron chi connectivity index (χ3n) is 10.6. The Kier molecular flexibility index (Phi) is 14.5. The molecule has 6 amide bonds. The van der Waals surface area contributed by atoms with Gasteiger partial charge < -0.3 is 37.1 Å². The lowest BCUT2D eigenvalue weighted by molar-refractivity contribution is -0.143. The average Bonchev–Trinajstić information content (AvgIpc) is 3.51. The summed E-state index contributed by atoms with van der Waals surface area (Å²) in [4.78, 5) is 108. The summed E-state index contributed by atoms with van der Waals surface area (Å²) in [6, 6.07) is 9.72. The van der Waals surface area contributed by atoms with Crippen LogP contribution in [0.2, 0.25) is 0 Å². The Balaban J connectivity index is 0.852. The van der Waals surface area contributed by atoms with Gasteiger partial charge in [-0.3, -0.25) is 39.0 Å². The smallest absolute Gasteiger partial charge is 0.328 e. The highest BCUT2D eigenvalue weighted by atomic mass is 16.5. The summed E-state index contributed by atoms with van der Waals surface area (Å²) in [5.74, 6) is -3.40. The number of anilines is 4. The number of piperidine rings is 1. The molecular formula is C42H50N12O8. The highest BCUT2D eigenvalue weighted by Crippen LogP contribution is 2.32. The first kappa shape index (κ1) is 44.3. The molecule has 0 spiro atoms. The summed E-state index contributed by atoms with van der Waals surface area (Å²) in [6.45, 7) is 1.43. The van der Waals surface area contributed by atoms with Crippen molar-refractivity contribution in [2.45, 2.75) is 82.8 Å². The molecule has 2 aliphatic rings. The molecule has 1 saturated heterocycles. The molecule has 20 heteroatoms. The molecule has 2 aliphatic heterocycles. The molecule has 2 aromatic heterocycles. The van der Waals surface area contributed by atoms with E-state index in [2.05, 4.69) is 41.2 Å². The van der Waals surface area contributed by atoms with Crippen LogP contribution in [-0.4, -0.2) is 106 Å². The largest absolute Gasteiger partial charge is 0.467 e. The minimum Gasteiger partial charge on any atom is -0.467 e. The van der Waals surface area contributed by atoms with Crippen LogP contribution in [0.25, 0.3) is 11.2 Å². The Labute approximate surface area is 356 Å². The van der Waals surface area contributed by atoms with Gasteiger partial charge in [0.2, 0.25) is 23.7 Å². The predicted octanol–water partition coefficient (Wildman–Crippen LogP) is 2.24. The number of methoxy groups -OCH3 is 1. The van der Waals surface area contributed by atoms with Crippen LogP contribution < -0.4 is 37.6 Å². The third-order valence-corrected chi connectivity index (χ3v) is 10.6. The first-order chi connectivity index (χ1) is 29.8. The van der Waals surface area contributed by atoms with E-state index >= 15 is 0 Å². The molecule has 2 aromatic carbocycles. The fraction of sp³-hybridized carbons (Fsp3) is 0.405. The van der Waals surface area contributed by atoms with Crippen molar-refractivity contribution in [1.29, 1.82) is 0 Å². The van der Waals surface area contributed by atoms with E-state index < -0.39 is 47.6 Å². The van der Waals surface area contributed by atoms with E-state index in [1.54, 1.807) is 48.7 Å². The molecule has 20 nitrogen and oxygen atoms in total. The van der Waals surface area contributed by atoms with Gasteiger partial charge in [-0.15, -0.1) is 0 Å². The number of hydrogen-bond donors (Lipinski definition) is 6. The second-order valence-electron chi connectivity index (χ2n) is 15.1. The molecule has 62 heavy (non-hydrogen) atoms. The standard InChI is InChI=1S/C42H50N12O8/c1-53(23-25-22-47-36-34(48-25)35(43)51-42(44)52-36)26-14-12-24(13-15-26)37(57)49-29(41(61)62-2)16-18-31(55)46-21-8-6-4-3-5-7-20-45-28-11-9-10-27-33(28)40(60)54(39(27)59)30-17-19-32(56)50-38(30)58/h9-15,22,29-30,45H,3-8,16-21,23H2,1-2H3,(H,46,55)(H,49,57)(H,50,56,58)(H4,43,44,47,51,52)/t29-,30?/m1/s1. The predicted molar refractivity (Wildman–Crippen MR) is 227 cm³/mol. The zero-order chi connectivity index (χ0) is 44.3. The minimum atomic E-state index is -1.02. The summed E-state index contributed by atoms with van der Waals surface area (Å²) in [5.41, 5.74) is 15.0. The second kappa shape index (κ2) is 20.3. The fourth-order valence-corrected chi connectivity index (χ4v) is 7.33. The topological polar surface area (TPSA) is 287 Å². The van der Waals surface area contributed by atoms with Gasteiger partial charge in [-0.2, -0.15) is 9.97 Å². The number of hydrogen-bond acceptors (Lipinski definition) is 16. The van der Waals surface area contributed by atoms with Gasteiger partial charge in [0.15, 0.2) is 17.0 Å². The molecule has 1 fully saturated rings. The van der Waals surface area contributed by atoms with Crippen molar-refractivity contribution >= 4 is 75.7 Å². The lowest BCUT2D eigenvalue weighted by Gasteiger charge is -2.27. The van der Waals surface area contributed by atoms with E-state index in [1.165, 1.54) is 7.11 Å². The maximum absolute atomic E-state index is 13.3. The van der Waals surface area contributed by atoms with E-state index in [9.17, 15) is 33.6 Å². The van der Waals surface area contributed by atoms with Crippen molar-refractivity contribution in [3.8, 4) is 0 Å². The van der Waals surface area contributed by atoms with Crippen LogP contribution in [-0.2, 0) is 30.5 Å². The molecule has 0 aliphatic carbocycles. The van der Waals surface area contributed by atoms with Gasteiger partial charge in [-0.1, -0.05) is 31.7 Å². The molecule has 2 atom stereocenters. The Morgan fingerprint density at radius 3 is 2.39 bits per heavy atom. The molecule has 0 bridgehead atoms. The number of unbranched alkanes of at least 4 members (excludes halogenated alkanes) is 5. The van der Waals surface area contributed by atoms with Gasteiger partial charge in [-0.05, 0) is 62.1 Å². The van der Waals surface area contributed by atoms with Crippen LogP contribution in [0.5, 0.6) is 0 Å². The first-order valence-electron chi connectivity index (χ1n) is 20.4. The molecule has 0 saturated carbocycles. The number of benzene rings is 2. The van der Waals surface area contributed by atoms with Gasteiger partial charge in [-0.25, -0.2) is 14.8 Å². The zero-order valence-electron chi connectivity index (χ0n) is 34.6. The number of nitrogens with zero attached hydrogens (tertiary/aromatic N) is 6. The number of rotatable bonds is 20. The first-order valence-corrected chi connectivity index (χ1v) is 20.4. The van der Waals surface area contributed by atoms with Crippen molar-refractivity contribution in [2.75, 3.05) is 48.9 Å². The molecule has 4 aromatic rings. The second-order valence-corrected chi connectivity index (χ2v) is 15.1. The number of nitrogen functional groups attached to an aromatic ring is 2. The minimum absolute atomic E-state index is 0.0127. The summed E-state index contributed by atoms with van der Waals surface area (Å²) >= 11 is 0. The van der Waals surface area contributed by atoms with Gasteiger partial charge in [0.1, 0.15) is 12.1 Å². The van der Waals surface area contributed by atoms with Crippen molar-refractivity contribution < 1.29 is 38.3 Å². The summed E-state index contributed by atoms with van der Waals surface area (Å²) in [5, 5.41) is 11.0. The molecule has 8 N–H and O–H groups in total. The highest BCUT2D eigenvalue weighted by molar-refractivity contribution is 6.25. The van der Waals surface area contributed by atoms with Crippen LogP contribution >= 0.6 is 0 Å². The number of carbonyl (C=O) groups is 7.